The van der Waals surface area contributed by atoms with E-state index in [9.17, 15) is 4.79 Å². The van der Waals surface area contributed by atoms with Gasteiger partial charge in [-0.15, -0.1) is 0 Å². The van der Waals surface area contributed by atoms with Gasteiger partial charge in [0.2, 0.25) is 5.91 Å². The van der Waals surface area contributed by atoms with Gasteiger partial charge in [-0.1, -0.05) is 30.3 Å². The molecule has 1 N–H and O–H groups in total. The Kier molecular flexibility index (Phi) is 3.44. The SMILES string of the molecule is C=C(Cl)CNC(=O)Cn1cnc2ccccc21. The number of para-hydroxylation sites is 2. The summed E-state index contributed by atoms with van der Waals surface area (Å²) < 4.78 is 1.79. The fourth-order valence-electron chi connectivity index (χ4n) is 1.54. The van der Waals surface area contributed by atoms with Crippen LogP contribution in [0.4, 0.5) is 0 Å². The van der Waals surface area contributed by atoms with Gasteiger partial charge >= 0.3 is 0 Å². The number of fused-ring (bicyclic) bond motifs is 1. The van der Waals surface area contributed by atoms with Crippen molar-refractivity contribution in [1.82, 2.24) is 14.9 Å². The van der Waals surface area contributed by atoms with Crippen molar-refractivity contribution in [3.05, 3.63) is 42.2 Å². The second-order valence-electron chi connectivity index (χ2n) is 3.66. The minimum Gasteiger partial charge on any atom is -0.350 e. The summed E-state index contributed by atoms with van der Waals surface area (Å²) in [5, 5.41) is 3.08. The van der Waals surface area contributed by atoms with E-state index in [1.807, 2.05) is 24.3 Å². The Hall–Kier alpha value is -1.81. The van der Waals surface area contributed by atoms with E-state index in [1.165, 1.54) is 0 Å². The number of carbonyl (C=O) groups is 1. The van der Waals surface area contributed by atoms with Gasteiger partial charge in [-0.3, -0.25) is 4.79 Å². The number of carbonyl (C=O) groups excluding carboxylic acids is 1. The summed E-state index contributed by atoms with van der Waals surface area (Å²) in [5.41, 5.74) is 1.81. The summed E-state index contributed by atoms with van der Waals surface area (Å²) in [6, 6.07) is 7.66. The Morgan fingerprint density at radius 1 is 1.47 bits per heavy atom. The Bertz CT molecular complexity index is 562. The summed E-state index contributed by atoms with van der Waals surface area (Å²) in [6.45, 7) is 4.02. The van der Waals surface area contributed by atoms with Crippen molar-refractivity contribution >= 4 is 28.5 Å². The average molecular weight is 250 g/mol. The van der Waals surface area contributed by atoms with Crippen LogP contribution in [0.15, 0.2) is 42.2 Å². The molecule has 1 amide bonds. The number of hydrogen-bond acceptors (Lipinski definition) is 2. The van der Waals surface area contributed by atoms with E-state index >= 15 is 0 Å². The number of amides is 1. The highest BCUT2D eigenvalue weighted by Crippen LogP contribution is 2.11. The number of aromatic nitrogens is 2. The maximum atomic E-state index is 11.6. The van der Waals surface area contributed by atoms with E-state index in [4.69, 9.17) is 11.6 Å². The molecule has 1 heterocycles. The van der Waals surface area contributed by atoms with Gasteiger partial charge in [0.15, 0.2) is 0 Å². The standard InChI is InChI=1S/C12H12ClN3O/c1-9(13)6-14-12(17)7-16-8-15-10-4-2-3-5-11(10)16/h2-5,8H,1,6-7H2,(H,14,17). The van der Waals surface area contributed by atoms with Gasteiger partial charge in [0.25, 0.3) is 0 Å². The van der Waals surface area contributed by atoms with E-state index in [-0.39, 0.29) is 19.0 Å². The molecule has 0 radical (unpaired) electrons. The number of imidazole rings is 1. The molecule has 4 nitrogen and oxygen atoms in total. The fourth-order valence-corrected chi connectivity index (χ4v) is 1.61. The second kappa shape index (κ2) is 5.01. The van der Waals surface area contributed by atoms with Crippen LogP contribution in [-0.4, -0.2) is 22.0 Å². The Labute approximate surface area is 104 Å². The molecule has 1 aromatic carbocycles. The normalized spacial score (nSPS) is 10.4. The van der Waals surface area contributed by atoms with Crippen LogP contribution in [-0.2, 0) is 11.3 Å². The van der Waals surface area contributed by atoms with Gasteiger partial charge in [0.1, 0.15) is 6.54 Å². The predicted octanol–water partition coefficient (Wildman–Crippen LogP) is 1.91. The van der Waals surface area contributed by atoms with E-state index < -0.39 is 0 Å². The molecule has 0 spiro atoms. The molecular formula is C12H12ClN3O. The van der Waals surface area contributed by atoms with Crippen molar-refractivity contribution in [2.75, 3.05) is 6.54 Å². The number of rotatable bonds is 4. The quantitative estimate of drug-likeness (QED) is 0.900. The first-order valence-corrected chi connectivity index (χ1v) is 5.54. The molecule has 0 atom stereocenters. The van der Waals surface area contributed by atoms with Gasteiger partial charge in [-0.25, -0.2) is 4.98 Å². The van der Waals surface area contributed by atoms with Gasteiger partial charge < -0.3 is 9.88 Å². The molecule has 0 saturated heterocycles. The highest BCUT2D eigenvalue weighted by Gasteiger charge is 2.06. The third-order valence-corrected chi connectivity index (χ3v) is 2.45. The first-order chi connectivity index (χ1) is 8.16. The lowest BCUT2D eigenvalue weighted by molar-refractivity contribution is -0.121. The minimum atomic E-state index is -0.116. The summed E-state index contributed by atoms with van der Waals surface area (Å²) >= 11 is 5.57. The van der Waals surface area contributed by atoms with Crippen LogP contribution >= 0.6 is 11.6 Å². The van der Waals surface area contributed by atoms with Crippen molar-refractivity contribution in [3.8, 4) is 0 Å². The molecule has 0 saturated carbocycles. The molecule has 0 aliphatic rings. The molecular weight excluding hydrogens is 238 g/mol. The molecule has 2 rings (SSSR count). The predicted molar refractivity (Wildman–Crippen MR) is 67.7 cm³/mol. The second-order valence-corrected chi connectivity index (χ2v) is 4.19. The molecule has 0 aliphatic heterocycles. The number of halogens is 1. The third-order valence-electron chi connectivity index (χ3n) is 2.32. The highest BCUT2D eigenvalue weighted by molar-refractivity contribution is 6.29. The molecule has 0 fully saturated rings. The summed E-state index contributed by atoms with van der Waals surface area (Å²) in [6.07, 6.45) is 1.65. The number of nitrogens with zero attached hydrogens (tertiary/aromatic N) is 2. The van der Waals surface area contributed by atoms with Gasteiger partial charge in [0.05, 0.1) is 23.9 Å². The van der Waals surface area contributed by atoms with Gasteiger partial charge in [-0.05, 0) is 12.1 Å². The smallest absolute Gasteiger partial charge is 0.240 e. The number of benzene rings is 1. The lowest BCUT2D eigenvalue weighted by Crippen LogP contribution is -2.28. The molecule has 5 heteroatoms. The first-order valence-electron chi connectivity index (χ1n) is 5.16. The fraction of sp³-hybridized carbons (Fsp3) is 0.167. The molecule has 0 unspecified atom stereocenters. The van der Waals surface area contributed by atoms with Gasteiger partial charge in [-0.2, -0.15) is 0 Å². The molecule has 0 aliphatic carbocycles. The van der Waals surface area contributed by atoms with Gasteiger partial charge in [0, 0.05) is 5.03 Å². The van der Waals surface area contributed by atoms with E-state index in [2.05, 4.69) is 16.9 Å². The largest absolute Gasteiger partial charge is 0.350 e. The summed E-state index contributed by atoms with van der Waals surface area (Å²) in [4.78, 5) is 15.8. The third kappa shape index (κ3) is 2.85. The average Bonchev–Trinajstić information content (AvgIpc) is 2.70. The van der Waals surface area contributed by atoms with E-state index in [1.54, 1.807) is 10.9 Å². The van der Waals surface area contributed by atoms with Crippen LogP contribution in [0.2, 0.25) is 0 Å². The topological polar surface area (TPSA) is 46.9 Å². The molecule has 2 aromatic rings. The number of nitrogens with one attached hydrogen (secondary N) is 1. The first kappa shape index (κ1) is 11.7. The Morgan fingerprint density at radius 3 is 3.00 bits per heavy atom. The van der Waals surface area contributed by atoms with Crippen LogP contribution in [0.25, 0.3) is 11.0 Å². The van der Waals surface area contributed by atoms with Crippen molar-refractivity contribution in [2.45, 2.75) is 6.54 Å². The summed E-state index contributed by atoms with van der Waals surface area (Å²) in [7, 11) is 0. The zero-order valence-electron chi connectivity index (χ0n) is 9.19. The molecule has 17 heavy (non-hydrogen) atoms. The maximum absolute atomic E-state index is 11.6. The maximum Gasteiger partial charge on any atom is 0.240 e. The minimum absolute atomic E-state index is 0.116. The van der Waals surface area contributed by atoms with Crippen molar-refractivity contribution in [1.29, 1.82) is 0 Å². The van der Waals surface area contributed by atoms with Crippen molar-refractivity contribution < 1.29 is 4.79 Å². The van der Waals surface area contributed by atoms with Crippen LogP contribution < -0.4 is 5.32 Å². The lowest BCUT2D eigenvalue weighted by atomic mass is 10.3. The van der Waals surface area contributed by atoms with Crippen LogP contribution in [0.1, 0.15) is 0 Å². The zero-order valence-corrected chi connectivity index (χ0v) is 9.94. The van der Waals surface area contributed by atoms with Crippen molar-refractivity contribution in [2.24, 2.45) is 0 Å². The Balaban J connectivity index is 2.08. The number of hydrogen-bond donors (Lipinski definition) is 1. The lowest BCUT2D eigenvalue weighted by Gasteiger charge is -2.05. The highest BCUT2D eigenvalue weighted by atomic mass is 35.5. The van der Waals surface area contributed by atoms with Crippen molar-refractivity contribution in [3.63, 3.8) is 0 Å². The molecule has 88 valence electrons. The molecule has 0 bridgehead atoms. The Morgan fingerprint density at radius 2 is 2.24 bits per heavy atom. The van der Waals surface area contributed by atoms with Crippen LogP contribution in [0.3, 0.4) is 0 Å². The monoisotopic (exact) mass is 249 g/mol. The van der Waals surface area contributed by atoms with Crippen LogP contribution in [0, 0.1) is 0 Å². The zero-order chi connectivity index (χ0) is 12.3. The van der Waals surface area contributed by atoms with Crippen LogP contribution in [0.5, 0.6) is 0 Å². The van der Waals surface area contributed by atoms with E-state index in [0.29, 0.717) is 5.03 Å². The molecule has 1 aromatic heterocycles. The summed E-state index contributed by atoms with van der Waals surface area (Å²) in [5.74, 6) is -0.116. The van der Waals surface area contributed by atoms with E-state index in [0.717, 1.165) is 11.0 Å².